The van der Waals surface area contributed by atoms with Crippen LogP contribution in [-0.4, -0.2) is 69.8 Å². The summed E-state index contributed by atoms with van der Waals surface area (Å²) in [7, 11) is 1.66. The summed E-state index contributed by atoms with van der Waals surface area (Å²) in [6.45, 7) is 5.96. The van der Waals surface area contributed by atoms with Crippen molar-refractivity contribution < 1.29 is 28.5 Å². The van der Waals surface area contributed by atoms with Crippen molar-refractivity contribution in [2.75, 3.05) is 46.8 Å². The molecule has 0 aromatic heterocycles. The number of hydrogen-bond donors (Lipinski definition) is 1. The molecule has 190 valence electrons. The lowest BCUT2D eigenvalue weighted by molar-refractivity contribution is -0.129. The minimum absolute atomic E-state index is 0.134. The van der Waals surface area contributed by atoms with Crippen LogP contribution in [0.2, 0.25) is 0 Å². The number of nitrogens with one attached hydrogen (secondary N) is 1. The Bertz CT molecular complexity index is 962. The van der Waals surface area contributed by atoms with Crippen LogP contribution in [0.4, 0.5) is 0 Å². The third-order valence-corrected chi connectivity index (χ3v) is 6.14. The fourth-order valence-corrected chi connectivity index (χ4v) is 4.38. The molecule has 0 bridgehead atoms. The molecule has 2 atom stereocenters. The lowest BCUT2D eigenvalue weighted by atomic mass is 10.1. The molecule has 2 heterocycles. The number of hydrogen-bond acceptors (Lipinski definition) is 7. The van der Waals surface area contributed by atoms with Gasteiger partial charge in [0.2, 0.25) is 6.79 Å². The largest absolute Gasteiger partial charge is 0.479 e. The van der Waals surface area contributed by atoms with Gasteiger partial charge in [-0.15, -0.1) is 0 Å². The van der Waals surface area contributed by atoms with Crippen LogP contribution in [0.25, 0.3) is 0 Å². The molecule has 0 aliphatic carbocycles. The van der Waals surface area contributed by atoms with Gasteiger partial charge in [0.1, 0.15) is 5.75 Å². The Balaban J connectivity index is 1.49. The zero-order valence-electron chi connectivity index (χ0n) is 20.7. The molecule has 0 saturated carbocycles. The zero-order chi connectivity index (χ0) is 24.5. The van der Waals surface area contributed by atoms with Crippen molar-refractivity contribution in [1.82, 2.24) is 10.2 Å². The van der Waals surface area contributed by atoms with E-state index in [1.54, 1.807) is 7.11 Å². The molecule has 8 nitrogen and oxygen atoms in total. The third-order valence-electron chi connectivity index (χ3n) is 6.14. The van der Waals surface area contributed by atoms with E-state index in [-0.39, 0.29) is 18.8 Å². The molecule has 1 saturated heterocycles. The number of benzene rings is 2. The second-order valence-electron chi connectivity index (χ2n) is 9.08. The normalized spacial score (nSPS) is 17.5. The summed E-state index contributed by atoms with van der Waals surface area (Å²) in [5.41, 5.74) is 2.17. The van der Waals surface area contributed by atoms with E-state index >= 15 is 0 Å². The molecule has 2 unspecified atom stereocenters. The van der Waals surface area contributed by atoms with Crippen LogP contribution < -0.4 is 19.5 Å². The lowest BCUT2D eigenvalue weighted by Gasteiger charge is -2.29. The summed E-state index contributed by atoms with van der Waals surface area (Å²) < 4.78 is 28.3. The van der Waals surface area contributed by atoms with Crippen LogP contribution in [0.1, 0.15) is 30.4 Å². The van der Waals surface area contributed by atoms with Gasteiger partial charge in [-0.3, -0.25) is 9.69 Å². The van der Waals surface area contributed by atoms with Crippen LogP contribution in [0.5, 0.6) is 17.2 Å². The van der Waals surface area contributed by atoms with Gasteiger partial charge < -0.3 is 29.0 Å². The number of nitrogens with zero attached hydrogens (tertiary/aromatic N) is 1. The van der Waals surface area contributed by atoms with Gasteiger partial charge in [-0.2, -0.15) is 0 Å². The minimum atomic E-state index is -0.672. The van der Waals surface area contributed by atoms with Gasteiger partial charge in [-0.05, 0) is 61.6 Å². The van der Waals surface area contributed by atoms with Crippen molar-refractivity contribution in [3.05, 3.63) is 53.6 Å². The van der Waals surface area contributed by atoms with Gasteiger partial charge in [0.15, 0.2) is 17.6 Å². The highest BCUT2D eigenvalue weighted by Crippen LogP contribution is 2.33. The molecule has 1 fully saturated rings. The SMILES string of the molecule is COCCCNC(=O)C(CN(Cc1ccc2c(c1)OCO2)CC1CCCO1)Oc1cccc(C)c1. The molecule has 8 heteroatoms. The standard InChI is InChI=1S/C27H36N2O6/c1-20-6-3-7-22(14-20)35-26(27(30)28-11-5-12-31-2)18-29(17-23-8-4-13-32-23)16-21-9-10-24-25(15-21)34-19-33-24/h3,6-7,9-10,14-15,23,26H,4-5,8,11-13,16-19H2,1-2H3,(H,28,30). The molecule has 2 aliphatic heterocycles. The summed E-state index contributed by atoms with van der Waals surface area (Å²) in [4.78, 5) is 15.4. The number of carbonyl (C=O) groups excluding carboxylic acids is 1. The number of carbonyl (C=O) groups is 1. The summed E-state index contributed by atoms with van der Waals surface area (Å²) in [5, 5.41) is 3.01. The summed E-state index contributed by atoms with van der Waals surface area (Å²) in [6, 6.07) is 13.8. The monoisotopic (exact) mass is 484 g/mol. The Morgan fingerprint density at radius 3 is 2.89 bits per heavy atom. The fourth-order valence-electron chi connectivity index (χ4n) is 4.38. The molecule has 0 radical (unpaired) electrons. The first-order valence-electron chi connectivity index (χ1n) is 12.3. The van der Waals surface area contributed by atoms with E-state index in [0.717, 1.165) is 55.0 Å². The second kappa shape index (κ2) is 12.8. The Kier molecular flexibility index (Phi) is 9.22. The predicted octanol–water partition coefficient (Wildman–Crippen LogP) is 3.31. The Morgan fingerprint density at radius 1 is 1.20 bits per heavy atom. The first-order valence-corrected chi connectivity index (χ1v) is 12.3. The maximum Gasteiger partial charge on any atom is 0.262 e. The van der Waals surface area contributed by atoms with Crippen molar-refractivity contribution in [2.45, 2.75) is 44.9 Å². The van der Waals surface area contributed by atoms with Gasteiger partial charge >= 0.3 is 0 Å². The highest BCUT2D eigenvalue weighted by atomic mass is 16.7. The highest BCUT2D eigenvalue weighted by Gasteiger charge is 2.27. The zero-order valence-corrected chi connectivity index (χ0v) is 20.7. The van der Waals surface area contributed by atoms with Crippen molar-refractivity contribution >= 4 is 5.91 Å². The predicted molar refractivity (Wildman–Crippen MR) is 132 cm³/mol. The Hall–Kier alpha value is -2.81. The van der Waals surface area contributed by atoms with E-state index in [4.69, 9.17) is 23.7 Å². The van der Waals surface area contributed by atoms with E-state index in [1.165, 1.54) is 0 Å². The second-order valence-corrected chi connectivity index (χ2v) is 9.08. The van der Waals surface area contributed by atoms with Gasteiger partial charge in [0.05, 0.1) is 6.10 Å². The Labute approximate surface area is 207 Å². The summed E-state index contributed by atoms with van der Waals surface area (Å²) >= 11 is 0. The van der Waals surface area contributed by atoms with Crippen LogP contribution >= 0.6 is 0 Å². The molecular formula is C27H36N2O6. The maximum absolute atomic E-state index is 13.2. The number of amides is 1. The van der Waals surface area contributed by atoms with Gasteiger partial charge in [0, 0.05) is 46.5 Å². The molecular weight excluding hydrogens is 448 g/mol. The minimum Gasteiger partial charge on any atom is -0.479 e. The van der Waals surface area contributed by atoms with E-state index in [0.29, 0.717) is 32.0 Å². The number of ether oxygens (including phenoxy) is 5. The van der Waals surface area contributed by atoms with Crippen LogP contribution in [0, 0.1) is 6.92 Å². The van der Waals surface area contributed by atoms with Crippen molar-refractivity contribution in [2.24, 2.45) is 0 Å². The average Bonchev–Trinajstić information content (AvgIpc) is 3.53. The van der Waals surface area contributed by atoms with Crippen molar-refractivity contribution in [3.8, 4) is 17.2 Å². The van der Waals surface area contributed by atoms with E-state index < -0.39 is 6.10 Å². The molecule has 4 rings (SSSR count). The molecule has 1 N–H and O–H groups in total. The summed E-state index contributed by atoms with van der Waals surface area (Å²) in [6.07, 6.45) is 2.30. The topological polar surface area (TPSA) is 78.5 Å². The molecule has 1 amide bonds. The average molecular weight is 485 g/mol. The number of fused-ring (bicyclic) bond motifs is 1. The van der Waals surface area contributed by atoms with Crippen LogP contribution in [0.15, 0.2) is 42.5 Å². The van der Waals surface area contributed by atoms with Gasteiger partial charge in [0.25, 0.3) is 5.91 Å². The van der Waals surface area contributed by atoms with Crippen molar-refractivity contribution in [3.63, 3.8) is 0 Å². The summed E-state index contributed by atoms with van der Waals surface area (Å²) in [5.74, 6) is 2.06. The third kappa shape index (κ3) is 7.59. The first-order chi connectivity index (χ1) is 17.1. The van der Waals surface area contributed by atoms with Crippen LogP contribution in [0.3, 0.4) is 0 Å². The number of rotatable bonds is 13. The smallest absolute Gasteiger partial charge is 0.262 e. The van der Waals surface area contributed by atoms with Gasteiger partial charge in [-0.25, -0.2) is 0 Å². The van der Waals surface area contributed by atoms with Gasteiger partial charge in [-0.1, -0.05) is 18.2 Å². The quantitative estimate of drug-likeness (QED) is 0.437. The fraction of sp³-hybridized carbons (Fsp3) is 0.519. The maximum atomic E-state index is 13.2. The molecule has 2 aliphatic rings. The molecule has 0 spiro atoms. The Morgan fingerprint density at radius 2 is 2.09 bits per heavy atom. The lowest BCUT2D eigenvalue weighted by Crippen LogP contribution is -2.47. The molecule has 2 aromatic rings. The highest BCUT2D eigenvalue weighted by molar-refractivity contribution is 5.81. The molecule has 35 heavy (non-hydrogen) atoms. The van der Waals surface area contributed by atoms with Crippen LogP contribution in [-0.2, 0) is 20.8 Å². The number of methoxy groups -OCH3 is 1. The van der Waals surface area contributed by atoms with E-state index in [9.17, 15) is 4.79 Å². The number of aryl methyl sites for hydroxylation is 1. The van der Waals surface area contributed by atoms with E-state index in [1.807, 2.05) is 49.4 Å². The van der Waals surface area contributed by atoms with Crippen molar-refractivity contribution in [1.29, 1.82) is 0 Å². The first kappa shape index (κ1) is 25.3. The molecule has 2 aromatic carbocycles. The van der Waals surface area contributed by atoms with E-state index in [2.05, 4.69) is 10.2 Å².